The molecule has 0 amide bonds. The van der Waals surface area contributed by atoms with Gasteiger partial charge in [0.2, 0.25) is 0 Å². The van der Waals surface area contributed by atoms with Gasteiger partial charge in [-0.05, 0) is 36.5 Å². The van der Waals surface area contributed by atoms with Crippen molar-refractivity contribution in [3.8, 4) is 0 Å². The van der Waals surface area contributed by atoms with E-state index in [0.717, 1.165) is 12.0 Å². The third kappa shape index (κ3) is 5.54. The van der Waals surface area contributed by atoms with Crippen LogP contribution in [0.5, 0.6) is 0 Å². The Morgan fingerprint density at radius 1 is 1.30 bits per heavy atom. The van der Waals surface area contributed by atoms with Crippen molar-refractivity contribution >= 4 is 16.1 Å². The number of carboxylic acid groups (broad SMARTS) is 1. The summed E-state index contributed by atoms with van der Waals surface area (Å²) in [6, 6.07) is 5.69. The van der Waals surface area contributed by atoms with Gasteiger partial charge in [0.05, 0.1) is 10.8 Å². The predicted molar refractivity (Wildman–Crippen MR) is 68.9 cm³/mol. The summed E-state index contributed by atoms with van der Waals surface area (Å²) in [5.74, 6) is -1.28. The van der Waals surface area contributed by atoms with Gasteiger partial charge in [0.1, 0.15) is 10.1 Å². The van der Waals surface area contributed by atoms with Crippen LogP contribution in [0.3, 0.4) is 0 Å². The molecule has 2 unspecified atom stereocenters. The summed E-state index contributed by atoms with van der Waals surface area (Å²) in [6.07, 6.45) is 1.23. The minimum atomic E-state index is -4.43. The van der Waals surface area contributed by atoms with E-state index in [9.17, 15) is 17.8 Å². The van der Waals surface area contributed by atoms with Gasteiger partial charge in [-0.3, -0.25) is 4.79 Å². The second-order valence-electron chi connectivity index (χ2n) is 4.60. The Hall–Kier alpha value is -0.400. The zero-order valence-corrected chi connectivity index (χ0v) is 14.7. The SMILES string of the molecule is CCC(CC(C)C(=O)O)c1ccc(S(=O)(=O)[O-])cc1.[Na+]. The minimum absolute atomic E-state index is 0. The van der Waals surface area contributed by atoms with Crippen LogP contribution in [0.1, 0.15) is 38.2 Å². The first-order valence-corrected chi connectivity index (χ1v) is 7.45. The van der Waals surface area contributed by atoms with Gasteiger partial charge in [-0.25, -0.2) is 8.42 Å². The molecular formula is C13H17NaO5S. The molecule has 2 atom stereocenters. The molecule has 1 N–H and O–H groups in total. The number of carboxylic acids is 1. The first-order chi connectivity index (χ1) is 8.75. The number of hydrogen-bond acceptors (Lipinski definition) is 4. The van der Waals surface area contributed by atoms with Crippen LogP contribution >= 0.6 is 0 Å². The van der Waals surface area contributed by atoms with E-state index in [1.807, 2.05) is 6.92 Å². The average Bonchev–Trinajstić information content (AvgIpc) is 2.34. The monoisotopic (exact) mass is 308 g/mol. The van der Waals surface area contributed by atoms with Crippen molar-refractivity contribution in [1.29, 1.82) is 0 Å². The molecule has 0 aromatic heterocycles. The standard InChI is InChI=1S/C13H18O5S.Na/c1-3-10(8-9(2)13(14)15)11-4-6-12(7-5-11)19(16,17)18;/h4-7,9-10H,3,8H2,1-2H3,(H,14,15)(H,16,17,18);/q;+1/p-1. The van der Waals surface area contributed by atoms with Gasteiger partial charge >= 0.3 is 35.5 Å². The fraction of sp³-hybridized carbons (Fsp3) is 0.462. The van der Waals surface area contributed by atoms with E-state index >= 15 is 0 Å². The van der Waals surface area contributed by atoms with Crippen molar-refractivity contribution in [2.24, 2.45) is 5.92 Å². The number of hydrogen-bond donors (Lipinski definition) is 1. The topological polar surface area (TPSA) is 94.5 Å². The van der Waals surface area contributed by atoms with Crippen molar-refractivity contribution in [3.05, 3.63) is 29.8 Å². The molecule has 1 rings (SSSR count). The van der Waals surface area contributed by atoms with Gasteiger partial charge in [0, 0.05) is 0 Å². The van der Waals surface area contributed by atoms with Crippen molar-refractivity contribution in [2.75, 3.05) is 0 Å². The first-order valence-electron chi connectivity index (χ1n) is 6.04. The maximum absolute atomic E-state index is 10.8. The molecule has 0 aliphatic carbocycles. The van der Waals surface area contributed by atoms with Crippen molar-refractivity contribution in [3.63, 3.8) is 0 Å². The summed E-state index contributed by atoms with van der Waals surface area (Å²) in [7, 11) is -4.43. The van der Waals surface area contributed by atoms with Crippen LogP contribution < -0.4 is 29.6 Å². The number of rotatable bonds is 6. The smallest absolute Gasteiger partial charge is 0.744 e. The Morgan fingerprint density at radius 2 is 1.80 bits per heavy atom. The number of carbonyl (C=O) groups is 1. The Morgan fingerprint density at radius 3 is 2.15 bits per heavy atom. The van der Waals surface area contributed by atoms with E-state index in [4.69, 9.17) is 5.11 Å². The van der Waals surface area contributed by atoms with Crippen molar-refractivity contribution < 1.29 is 52.4 Å². The molecule has 0 aliphatic heterocycles. The maximum Gasteiger partial charge on any atom is 1.00 e. The van der Waals surface area contributed by atoms with Crippen molar-refractivity contribution in [2.45, 2.75) is 37.5 Å². The fourth-order valence-electron chi connectivity index (χ4n) is 1.97. The normalized spacial score (nSPS) is 14.2. The van der Waals surface area contributed by atoms with Crippen molar-refractivity contribution in [1.82, 2.24) is 0 Å². The molecule has 1 aromatic carbocycles. The molecule has 0 spiro atoms. The van der Waals surface area contributed by atoms with Gasteiger partial charge in [-0.15, -0.1) is 0 Å². The third-order valence-corrected chi connectivity index (χ3v) is 4.04. The molecule has 0 radical (unpaired) electrons. The summed E-state index contributed by atoms with van der Waals surface area (Å²) in [5, 5.41) is 8.90. The van der Waals surface area contributed by atoms with Gasteiger partial charge in [0.25, 0.3) is 0 Å². The second-order valence-corrected chi connectivity index (χ2v) is 5.98. The Labute approximate surface area is 141 Å². The quantitative estimate of drug-likeness (QED) is 0.548. The molecule has 7 heteroatoms. The zero-order chi connectivity index (χ0) is 14.6. The summed E-state index contributed by atoms with van der Waals surface area (Å²) in [6.45, 7) is 3.58. The third-order valence-electron chi connectivity index (χ3n) is 3.19. The van der Waals surface area contributed by atoms with Crippen LogP contribution in [0.4, 0.5) is 0 Å². The van der Waals surface area contributed by atoms with Crippen LogP contribution in [0.25, 0.3) is 0 Å². The molecule has 0 saturated heterocycles. The molecule has 0 saturated carbocycles. The summed E-state index contributed by atoms with van der Waals surface area (Å²) in [4.78, 5) is 10.6. The Kier molecular flexibility index (Phi) is 7.98. The van der Waals surface area contributed by atoms with Crippen LogP contribution in [-0.4, -0.2) is 24.0 Å². The zero-order valence-electron chi connectivity index (χ0n) is 11.9. The maximum atomic E-state index is 10.8. The second kappa shape index (κ2) is 8.14. The molecule has 5 nitrogen and oxygen atoms in total. The summed E-state index contributed by atoms with van der Waals surface area (Å²) in [5.41, 5.74) is 0.850. The molecule has 0 bridgehead atoms. The van der Waals surface area contributed by atoms with E-state index in [0.29, 0.717) is 6.42 Å². The summed E-state index contributed by atoms with van der Waals surface area (Å²) < 4.78 is 32.5. The fourth-order valence-corrected chi connectivity index (χ4v) is 2.44. The Bertz CT molecular complexity index is 538. The average molecular weight is 308 g/mol. The van der Waals surface area contributed by atoms with Crippen LogP contribution in [-0.2, 0) is 14.9 Å². The van der Waals surface area contributed by atoms with Crippen LogP contribution in [0.15, 0.2) is 29.2 Å². The number of aliphatic carboxylic acids is 1. The first kappa shape index (κ1) is 19.6. The van der Waals surface area contributed by atoms with Crippen LogP contribution in [0.2, 0.25) is 0 Å². The van der Waals surface area contributed by atoms with Gasteiger partial charge in [-0.2, -0.15) is 0 Å². The van der Waals surface area contributed by atoms with E-state index in [-0.39, 0.29) is 40.4 Å². The van der Waals surface area contributed by atoms with E-state index in [1.54, 1.807) is 19.1 Å². The molecular weight excluding hydrogens is 291 g/mol. The summed E-state index contributed by atoms with van der Waals surface area (Å²) >= 11 is 0. The molecule has 0 heterocycles. The molecule has 106 valence electrons. The minimum Gasteiger partial charge on any atom is -0.744 e. The Balaban J connectivity index is 0.00000361. The molecule has 0 aliphatic rings. The van der Waals surface area contributed by atoms with Gasteiger partial charge in [-0.1, -0.05) is 26.0 Å². The molecule has 0 fully saturated rings. The van der Waals surface area contributed by atoms with E-state index < -0.39 is 22.0 Å². The predicted octanol–water partition coefficient (Wildman–Crippen LogP) is -0.801. The van der Waals surface area contributed by atoms with E-state index in [1.165, 1.54) is 12.1 Å². The largest absolute Gasteiger partial charge is 1.00 e. The number of benzene rings is 1. The van der Waals surface area contributed by atoms with E-state index in [2.05, 4.69) is 0 Å². The van der Waals surface area contributed by atoms with Crippen LogP contribution in [0, 0.1) is 5.92 Å². The van der Waals surface area contributed by atoms with Gasteiger partial charge < -0.3 is 9.66 Å². The molecule has 20 heavy (non-hydrogen) atoms. The van der Waals surface area contributed by atoms with Gasteiger partial charge in [0.15, 0.2) is 0 Å². The molecule has 1 aromatic rings.